The van der Waals surface area contributed by atoms with Crippen molar-refractivity contribution in [3.8, 4) is 0 Å². The Morgan fingerprint density at radius 3 is 2.29 bits per heavy atom. The second kappa shape index (κ2) is 11.2. The van der Waals surface area contributed by atoms with Gasteiger partial charge in [0.05, 0.1) is 18.2 Å². The van der Waals surface area contributed by atoms with Crippen LogP contribution in [0.4, 0.5) is 24.7 Å². The number of para-hydroxylation sites is 1. The molecule has 7 nitrogen and oxygen atoms in total. The Hall–Kier alpha value is -4.31. The number of benzene rings is 3. The van der Waals surface area contributed by atoms with Gasteiger partial charge in [0, 0.05) is 36.1 Å². The Morgan fingerprint density at radius 2 is 1.60 bits per heavy atom. The molecule has 0 bridgehead atoms. The zero-order valence-corrected chi connectivity index (χ0v) is 23.0. The van der Waals surface area contributed by atoms with E-state index >= 15 is 0 Å². The third kappa shape index (κ3) is 5.34. The summed E-state index contributed by atoms with van der Waals surface area (Å²) in [5.74, 6) is -1.85. The topological polar surface area (TPSA) is 79.3 Å². The summed E-state index contributed by atoms with van der Waals surface area (Å²) >= 11 is 6.52. The van der Waals surface area contributed by atoms with Gasteiger partial charge in [0.15, 0.2) is 6.04 Å². The number of alkyl halides is 3. The molecule has 1 fully saturated rings. The number of fused-ring (bicyclic) bond motifs is 1. The SMILES string of the molecule is O=C(Nc1ccccc1)C1CN(C(=O)c2cnn3c2NC(c2ccccc2)C[C@H]3C(F)(F)F)CC1c1ccccc1Cl. The predicted octanol–water partition coefficient (Wildman–Crippen LogP) is 6.69. The number of hydrogen-bond donors (Lipinski definition) is 2. The van der Waals surface area contributed by atoms with E-state index in [-0.39, 0.29) is 36.8 Å². The molecule has 0 saturated carbocycles. The molecule has 2 aliphatic heterocycles. The molecular formula is C31H27ClF3N5O2. The number of nitrogens with one attached hydrogen (secondary N) is 2. The molecule has 6 rings (SSSR count). The number of amides is 2. The van der Waals surface area contributed by atoms with Crippen molar-refractivity contribution in [1.29, 1.82) is 0 Å². The van der Waals surface area contributed by atoms with Crippen LogP contribution in [0.3, 0.4) is 0 Å². The minimum Gasteiger partial charge on any atom is -0.363 e. The molecule has 1 aromatic heterocycles. The smallest absolute Gasteiger partial charge is 0.363 e. The molecule has 3 aromatic carbocycles. The van der Waals surface area contributed by atoms with E-state index in [0.717, 1.165) is 10.2 Å². The normalized spacial score (nSPS) is 21.9. The van der Waals surface area contributed by atoms with Crippen molar-refractivity contribution >= 4 is 34.9 Å². The number of nitrogens with zero attached hydrogens (tertiary/aromatic N) is 3. The van der Waals surface area contributed by atoms with Crippen molar-refractivity contribution in [2.45, 2.75) is 30.6 Å². The lowest BCUT2D eigenvalue weighted by Gasteiger charge is -2.34. The van der Waals surface area contributed by atoms with E-state index in [4.69, 9.17) is 11.6 Å². The fourth-order valence-electron chi connectivity index (χ4n) is 5.88. The van der Waals surface area contributed by atoms with Crippen molar-refractivity contribution in [3.63, 3.8) is 0 Å². The van der Waals surface area contributed by atoms with Crippen LogP contribution in [0.25, 0.3) is 0 Å². The van der Waals surface area contributed by atoms with Crippen LogP contribution < -0.4 is 10.6 Å². The first-order valence-electron chi connectivity index (χ1n) is 13.6. The van der Waals surface area contributed by atoms with E-state index in [9.17, 15) is 22.8 Å². The van der Waals surface area contributed by atoms with Crippen LogP contribution in [-0.2, 0) is 4.79 Å². The third-order valence-electron chi connectivity index (χ3n) is 7.96. The molecule has 4 aromatic rings. The number of rotatable bonds is 5. The number of hydrogen-bond acceptors (Lipinski definition) is 4. The molecule has 4 atom stereocenters. The van der Waals surface area contributed by atoms with Crippen molar-refractivity contribution in [3.05, 3.63) is 113 Å². The molecule has 0 aliphatic carbocycles. The van der Waals surface area contributed by atoms with Gasteiger partial charge in [-0.2, -0.15) is 18.3 Å². The summed E-state index contributed by atoms with van der Waals surface area (Å²) in [7, 11) is 0. The van der Waals surface area contributed by atoms with E-state index in [2.05, 4.69) is 15.7 Å². The van der Waals surface area contributed by atoms with Crippen molar-refractivity contribution in [2.24, 2.45) is 5.92 Å². The number of likely N-dealkylation sites (tertiary alicyclic amines) is 1. The molecule has 0 spiro atoms. The van der Waals surface area contributed by atoms with E-state index in [1.54, 1.807) is 66.7 Å². The number of carbonyl (C=O) groups excluding carboxylic acids is 2. The van der Waals surface area contributed by atoms with Gasteiger partial charge in [-0.05, 0) is 29.3 Å². The highest BCUT2D eigenvalue weighted by molar-refractivity contribution is 6.31. The molecule has 2 aliphatic rings. The Labute approximate surface area is 245 Å². The summed E-state index contributed by atoms with van der Waals surface area (Å²) in [4.78, 5) is 29.0. The summed E-state index contributed by atoms with van der Waals surface area (Å²) in [6.07, 6.45) is -3.66. The summed E-state index contributed by atoms with van der Waals surface area (Å²) in [6.45, 7) is 0.216. The summed E-state index contributed by atoms with van der Waals surface area (Å²) in [5, 5.41) is 10.5. The number of halogens is 4. The van der Waals surface area contributed by atoms with Gasteiger partial charge in [-0.25, -0.2) is 4.68 Å². The highest BCUT2D eigenvalue weighted by Crippen LogP contribution is 2.45. The quantitative estimate of drug-likeness (QED) is 0.270. The number of anilines is 2. The van der Waals surface area contributed by atoms with E-state index in [1.165, 1.54) is 11.1 Å². The highest BCUT2D eigenvalue weighted by atomic mass is 35.5. The fraction of sp³-hybridized carbons (Fsp3) is 0.258. The lowest BCUT2D eigenvalue weighted by atomic mass is 9.88. The van der Waals surface area contributed by atoms with Crippen LogP contribution in [0, 0.1) is 5.92 Å². The van der Waals surface area contributed by atoms with Gasteiger partial charge < -0.3 is 15.5 Å². The average Bonchev–Trinajstić information content (AvgIpc) is 3.62. The second-order valence-corrected chi connectivity index (χ2v) is 11.0. The van der Waals surface area contributed by atoms with Crippen LogP contribution in [0.1, 0.15) is 45.9 Å². The van der Waals surface area contributed by atoms with Gasteiger partial charge in [-0.1, -0.05) is 78.3 Å². The molecule has 3 heterocycles. The molecule has 11 heteroatoms. The van der Waals surface area contributed by atoms with Gasteiger partial charge in [-0.3, -0.25) is 9.59 Å². The second-order valence-electron chi connectivity index (χ2n) is 10.6. The van der Waals surface area contributed by atoms with Crippen molar-refractivity contribution in [1.82, 2.24) is 14.7 Å². The first-order chi connectivity index (χ1) is 20.2. The monoisotopic (exact) mass is 593 g/mol. The van der Waals surface area contributed by atoms with Crippen molar-refractivity contribution in [2.75, 3.05) is 23.7 Å². The maximum absolute atomic E-state index is 14.2. The van der Waals surface area contributed by atoms with E-state index in [1.807, 2.05) is 18.2 Å². The van der Waals surface area contributed by atoms with E-state index in [0.29, 0.717) is 16.3 Å². The van der Waals surface area contributed by atoms with Crippen LogP contribution in [0.5, 0.6) is 0 Å². The lowest BCUT2D eigenvalue weighted by Crippen LogP contribution is -2.37. The molecule has 2 amide bonds. The van der Waals surface area contributed by atoms with Crippen molar-refractivity contribution < 1.29 is 22.8 Å². The first kappa shape index (κ1) is 27.8. The summed E-state index contributed by atoms with van der Waals surface area (Å²) in [5.41, 5.74) is 2.03. The van der Waals surface area contributed by atoms with Crippen LogP contribution >= 0.6 is 11.6 Å². The molecule has 1 saturated heterocycles. The summed E-state index contributed by atoms with van der Waals surface area (Å²) < 4.78 is 43.4. The van der Waals surface area contributed by atoms with Gasteiger partial charge in [0.2, 0.25) is 5.91 Å². The van der Waals surface area contributed by atoms with Crippen LogP contribution in [0.2, 0.25) is 5.02 Å². The first-order valence-corrected chi connectivity index (χ1v) is 13.9. The summed E-state index contributed by atoms with van der Waals surface area (Å²) in [6, 6.07) is 22.4. The molecule has 0 radical (unpaired) electrons. The zero-order valence-electron chi connectivity index (χ0n) is 22.3. The van der Waals surface area contributed by atoms with E-state index < -0.39 is 36.0 Å². The molecule has 3 unspecified atom stereocenters. The highest BCUT2D eigenvalue weighted by Gasteiger charge is 2.48. The molecule has 216 valence electrons. The number of carbonyl (C=O) groups is 2. The standard InChI is InChI=1S/C31H27ClF3N5O2/c32-25-14-8-7-13-21(25)23-17-39(18-24(23)29(41)37-20-11-5-2-6-12-20)30(42)22-16-36-40-27(31(33,34)35)15-26(38-28(22)40)19-9-3-1-4-10-19/h1-14,16,23-24,26-27,38H,15,17-18H2,(H,37,41)/t23?,24?,26?,27-/m0/s1. The lowest BCUT2D eigenvalue weighted by molar-refractivity contribution is -0.173. The largest absolute Gasteiger partial charge is 0.410 e. The Bertz CT molecular complexity index is 1600. The minimum absolute atomic E-state index is 0.00825. The molecular weight excluding hydrogens is 567 g/mol. The zero-order chi connectivity index (χ0) is 29.4. The molecule has 42 heavy (non-hydrogen) atoms. The minimum atomic E-state index is -4.57. The Kier molecular flexibility index (Phi) is 7.40. The average molecular weight is 594 g/mol. The fourth-order valence-corrected chi connectivity index (χ4v) is 6.15. The Morgan fingerprint density at radius 1 is 0.929 bits per heavy atom. The van der Waals surface area contributed by atoms with Gasteiger partial charge in [-0.15, -0.1) is 0 Å². The third-order valence-corrected chi connectivity index (χ3v) is 8.30. The van der Waals surface area contributed by atoms with Gasteiger partial charge >= 0.3 is 6.18 Å². The maximum atomic E-state index is 14.2. The molecule has 2 N–H and O–H groups in total. The number of aromatic nitrogens is 2. The Balaban J connectivity index is 1.32. The van der Waals surface area contributed by atoms with Gasteiger partial charge in [0.1, 0.15) is 11.4 Å². The van der Waals surface area contributed by atoms with Crippen LogP contribution in [0.15, 0.2) is 91.1 Å². The van der Waals surface area contributed by atoms with Crippen LogP contribution in [-0.4, -0.2) is 45.8 Å². The maximum Gasteiger partial charge on any atom is 0.410 e. The predicted molar refractivity (Wildman–Crippen MR) is 153 cm³/mol. The van der Waals surface area contributed by atoms with Gasteiger partial charge in [0.25, 0.3) is 5.91 Å².